The molecule has 1 fully saturated rings. The van der Waals surface area contributed by atoms with Gasteiger partial charge in [-0.2, -0.15) is 10.4 Å². The number of nitriles is 1. The predicted molar refractivity (Wildman–Crippen MR) is 95.9 cm³/mol. The van der Waals surface area contributed by atoms with Crippen LogP contribution in [0.4, 0.5) is 14.6 Å². The van der Waals surface area contributed by atoms with E-state index in [-0.39, 0.29) is 23.9 Å². The number of aromatic amines is 1. The Balaban J connectivity index is 0.00000196. The molecule has 26 heavy (non-hydrogen) atoms. The number of halogens is 3. The lowest BCUT2D eigenvalue weighted by Crippen LogP contribution is -2.32. The fourth-order valence-electron chi connectivity index (χ4n) is 3.75. The second-order valence-corrected chi connectivity index (χ2v) is 6.35. The zero-order chi connectivity index (χ0) is 17.4. The van der Waals surface area contributed by atoms with Crippen molar-refractivity contribution >= 4 is 18.2 Å². The molecule has 136 valence electrons. The Bertz CT molecular complexity index is 880. The molecule has 5 nitrogen and oxygen atoms in total. The molecule has 2 aromatic rings. The Hall–Kier alpha value is -2.43. The van der Waals surface area contributed by atoms with Crippen molar-refractivity contribution in [3.8, 4) is 6.07 Å². The lowest BCUT2D eigenvalue weighted by atomic mass is 9.79. The summed E-state index contributed by atoms with van der Waals surface area (Å²) in [6, 6.07) is 6.32. The van der Waals surface area contributed by atoms with Crippen LogP contribution in [0.3, 0.4) is 0 Å². The van der Waals surface area contributed by atoms with Crippen molar-refractivity contribution in [2.45, 2.75) is 18.8 Å². The van der Waals surface area contributed by atoms with Gasteiger partial charge in [0, 0.05) is 28.9 Å². The van der Waals surface area contributed by atoms with E-state index >= 15 is 0 Å². The van der Waals surface area contributed by atoms with Crippen LogP contribution in [0.25, 0.3) is 0 Å². The lowest BCUT2D eigenvalue weighted by Gasteiger charge is -2.32. The maximum absolute atomic E-state index is 14.5. The zero-order valence-corrected chi connectivity index (χ0v) is 14.7. The first kappa shape index (κ1) is 18.4. The SMILES string of the molecule is Cl.N#CC1=C(C2CCNCC2)Nc2n[nH]cc2C1c1cccc(F)c1F. The highest BCUT2D eigenvalue weighted by molar-refractivity contribution is 5.85. The van der Waals surface area contributed by atoms with E-state index in [2.05, 4.69) is 26.9 Å². The van der Waals surface area contributed by atoms with Gasteiger partial charge in [0.15, 0.2) is 17.5 Å². The number of nitrogens with zero attached hydrogens (tertiary/aromatic N) is 2. The van der Waals surface area contributed by atoms with Gasteiger partial charge in [-0.3, -0.25) is 5.10 Å². The smallest absolute Gasteiger partial charge is 0.162 e. The minimum Gasteiger partial charge on any atom is -0.341 e. The van der Waals surface area contributed by atoms with E-state index in [0.29, 0.717) is 17.0 Å². The van der Waals surface area contributed by atoms with Crippen molar-refractivity contribution in [1.82, 2.24) is 15.5 Å². The predicted octanol–water partition coefficient (Wildman–Crippen LogP) is 3.44. The highest BCUT2D eigenvalue weighted by atomic mass is 35.5. The topological polar surface area (TPSA) is 76.5 Å². The number of nitrogens with one attached hydrogen (secondary N) is 3. The lowest BCUT2D eigenvalue weighted by molar-refractivity contribution is 0.417. The minimum absolute atomic E-state index is 0. The average Bonchev–Trinajstić information content (AvgIpc) is 3.11. The third-order valence-electron chi connectivity index (χ3n) is 4.97. The Morgan fingerprint density at radius 2 is 1.92 bits per heavy atom. The van der Waals surface area contributed by atoms with Crippen LogP contribution in [-0.4, -0.2) is 23.3 Å². The van der Waals surface area contributed by atoms with Crippen molar-refractivity contribution in [1.29, 1.82) is 5.26 Å². The summed E-state index contributed by atoms with van der Waals surface area (Å²) in [6.45, 7) is 1.72. The van der Waals surface area contributed by atoms with Crippen molar-refractivity contribution < 1.29 is 8.78 Å². The number of H-pyrrole nitrogens is 1. The van der Waals surface area contributed by atoms with Crippen molar-refractivity contribution in [2.75, 3.05) is 18.4 Å². The van der Waals surface area contributed by atoms with Crippen molar-refractivity contribution in [3.05, 3.63) is 58.4 Å². The number of anilines is 1. The molecular formula is C18H18ClF2N5. The van der Waals surface area contributed by atoms with Crippen LogP contribution in [0.15, 0.2) is 35.7 Å². The molecule has 8 heteroatoms. The van der Waals surface area contributed by atoms with E-state index in [0.717, 1.165) is 37.7 Å². The number of fused-ring (bicyclic) bond motifs is 1. The molecule has 1 aromatic heterocycles. The van der Waals surface area contributed by atoms with Crippen LogP contribution >= 0.6 is 12.4 Å². The number of hydrogen-bond acceptors (Lipinski definition) is 4. The highest BCUT2D eigenvalue weighted by Gasteiger charge is 2.36. The first-order valence-corrected chi connectivity index (χ1v) is 8.30. The van der Waals surface area contributed by atoms with Crippen LogP contribution in [0.2, 0.25) is 0 Å². The Morgan fingerprint density at radius 1 is 1.15 bits per heavy atom. The summed E-state index contributed by atoms with van der Waals surface area (Å²) in [6.07, 6.45) is 3.39. The minimum atomic E-state index is -0.918. The van der Waals surface area contributed by atoms with E-state index < -0.39 is 17.6 Å². The fourth-order valence-corrected chi connectivity index (χ4v) is 3.75. The molecule has 0 spiro atoms. The van der Waals surface area contributed by atoms with Gasteiger partial charge in [0.2, 0.25) is 0 Å². The second kappa shape index (κ2) is 7.44. The molecule has 3 heterocycles. The number of piperidine rings is 1. The number of benzene rings is 1. The van der Waals surface area contributed by atoms with Gasteiger partial charge in [0.05, 0.1) is 17.6 Å². The molecule has 1 saturated heterocycles. The van der Waals surface area contributed by atoms with Gasteiger partial charge >= 0.3 is 0 Å². The van der Waals surface area contributed by atoms with Gasteiger partial charge in [0.25, 0.3) is 0 Å². The molecular weight excluding hydrogens is 360 g/mol. The molecule has 0 amide bonds. The molecule has 0 radical (unpaired) electrons. The second-order valence-electron chi connectivity index (χ2n) is 6.35. The van der Waals surface area contributed by atoms with E-state index in [1.54, 1.807) is 6.20 Å². The maximum atomic E-state index is 14.5. The standard InChI is InChI=1S/C18H17F2N5.ClH/c19-14-3-1-2-11(16(14)20)15-12(8-21)17(10-4-6-22-7-5-10)24-18-13(15)9-23-25-18;/h1-3,9-10,15,22H,4-7H2,(H2,23,24,25);1H. The molecule has 0 aliphatic carbocycles. The summed E-state index contributed by atoms with van der Waals surface area (Å²) < 4.78 is 28.3. The number of aromatic nitrogens is 2. The number of rotatable bonds is 2. The first-order chi connectivity index (χ1) is 12.2. The maximum Gasteiger partial charge on any atom is 0.162 e. The Kier molecular flexibility index (Phi) is 5.25. The van der Waals surface area contributed by atoms with E-state index in [1.807, 2.05) is 0 Å². The van der Waals surface area contributed by atoms with E-state index in [4.69, 9.17) is 0 Å². The summed E-state index contributed by atoms with van der Waals surface area (Å²) >= 11 is 0. The van der Waals surface area contributed by atoms with Gasteiger partial charge in [-0.15, -0.1) is 12.4 Å². The molecule has 1 atom stereocenters. The van der Waals surface area contributed by atoms with E-state index in [1.165, 1.54) is 12.1 Å². The fraction of sp³-hybridized carbons (Fsp3) is 0.333. The van der Waals surface area contributed by atoms with Gasteiger partial charge in [-0.1, -0.05) is 12.1 Å². The summed E-state index contributed by atoms with van der Waals surface area (Å²) in [5, 5.41) is 23.3. The normalized spacial score (nSPS) is 20.0. The summed E-state index contributed by atoms with van der Waals surface area (Å²) in [5.41, 5.74) is 2.02. The molecule has 2 aliphatic heterocycles. The molecule has 4 rings (SSSR count). The van der Waals surface area contributed by atoms with Gasteiger partial charge in [-0.05, 0) is 32.0 Å². The van der Waals surface area contributed by atoms with Crippen molar-refractivity contribution in [3.63, 3.8) is 0 Å². The average molecular weight is 378 g/mol. The number of hydrogen-bond donors (Lipinski definition) is 3. The molecule has 0 saturated carbocycles. The molecule has 1 aromatic carbocycles. The van der Waals surface area contributed by atoms with Crippen LogP contribution in [0.1, 0.15) is 29.9 Å². The first-order valence-electron chi connectivity index (χ1n) is 8.30. The zero-order valence-electron chi connectivity index (χ0n) is 13.9. The van der Waals surface area contributed by atoms with Crippen LogP contribution < -0.4 is 10.6 Å². The summed E-state index contributed by atoms with van der Waals surface area (Å²) in [4.78, 5) is 0. The molecule has 0 bridgehead atoms. The Morgan fingerprint density at radius 3 is 2.65 bits per heavy atom. The molecule has 3 N–H and O–H groups in total. The third-order valence-corrected chi connectivity index (χ3v) is 4.97. The van der Waals surface area contributed by atoms with Crippen LogP contribution in [0, 0.1) is 28.9 Å². The third kappa shape index (κ3) is 2.96. The van der Waals surface area contributed by atoms with Gasteiger partial charge in [0.1, 0.15) is 0 Å². The number of allylic oxidation sites excluding steroid dienone is 2. The van der Waals surface area contributed by atoms with Gasteiger partial charge < -0.3 is 10.6 Å². The highest BCUT2D eigenvalue weighted by Crippen LogP contribution is 2.44. The van der Waals surface area contributed by atoms with Gasteiger partial charge in [-0.25, -0.2) is 8.78 Å². The summed E-state index contributed by atoms with van der Waals surface area (Å²) in [7, 11) is 0. The van der Waals surface area contributed by atoms with Crippen molar-refractivity contribution in [2.24, 2.45) is 5.92 Å². The molecule has 2 aliphatic rings. The summed E-state index contributed by atoms with van der Waals surface area (Å²) in [5.74, 6) is -1.76. The van der Waals surface area contributed by atoms with E-state index in [9.17, 15) is 14.0 Å². The largest absolute Gasteiger partial charge is 0.341 e. The Labute approximate surface area is 155 Å². The van der Waals surface area contributed by atoms with Crippen LogP contribution in [0.5, 0.6) is 0 Å². The monoisotopic (exact) mass is 377 g/mol. The molecule has 1 unspecified atom stereocenters. The van der Waals surface area contributed by atoms with Crippen LogP contribution in [-0.2, 0) is 0 Å². The quantitative estimate of drug-likeness (QED) is 0.749.